The summed E-state index contributed by atoms with van der Waals surface area (Å²) in [5.41, 5.74) is 0.976. The Bertz CT molecular complexity index is 547. The third-order valence-electron chi connectivity index (χ3n) is 3.92. The molecule has 1 aromatic rings. The molecule has 0 saturated heterocycles. The highest BCUT2D eigenvalue weighted by atomic mass is 16.5. The van der Waals surface area contributed by atoms with Crippen LogP contribution in [0.25, 0.3) is 0 Å². The van der Waals surface area contributed by atoms with E-state index in [-0.39, 0.29) is 18.2 Å². The summed E-state index contributed by atoms with van der Waals surface area (Å²) in [7, 11) is 1.59. The number of carboxylic acid groups (broad SMARTS) is 1. The van der Waals surface area contributed by atoms with Gasteiger partial charge in [0.1, 0.15) is 18.4 Å². The third kappa shape index (κ3) is 3.76. The minimum atomic E-state index is -0.938. The number of carbonyl (C=O) groups excluding carboxylic acids is 1. The lowest BCUT2D eigenvalue weighted by molar-refractivity contribution is -0.141. The van der Waals surface area contributed by atoms with Crippen molar-refractivity contribution in [3.05, 3.63) is 29.8 Å². The molecular weight excluding hydrogens is 284 g/mol. The topological polar surface area (TPSA) is 78.9 Å². The first kappa shape index (κ1) is 16.3. The van der Waals surface area contributed by atoms with E-state index in [9.17, 15) is 9.59 Å². The fourth-order valence-electron chi connectivity index (χ4n) is 2.62. The normalized spacial score (nSPS) is 16.9. The number of hydrogen-bond donors (Lipinski definition) is 2. The summed E-state index contributed by atoms with van der Waals surface area (Å²) < 4.78 is 5.65. The van der Waals surface area contributed by atoms with Crippen LogP contribution in [-0.2, 0) is 16.1 Å². The molecule has 0 fully saturated rings. The van der Waals surface area contributed by atoms with Crippen LogP contribution in [0.4, 0.5) is 0 Å². The van der Waals surface area contributed by atoms with Crippen molar-refractivity contribution in [3.63, 3.8) is 0 Å². The van der Waals surface area contributed by atoms with E-state index in [1.54, 1.807) is 18.9 Å². The number of rotatable bonds is 5. The van der Waals surface area contributed by atoms with Crippen molar-refractivity contribution in [3.8, 4) is 5.75 Å². The number of likely N-dealkylation sites (N-methyl/N-ethyl adjacent to an activating group) is 1. The zero-order valence-corrected chi connectivity index (χ0v) is 12.9. The van der Waals surface area contributed by atoms with E-state index in [4.69, 9.17) is 9.84 Å². The highest BCUT2D eigenvalue weighted by molar-refractivity contribution is 5.80. The van der Waals surface area contributed by atoms with Gasteiger partial charge >= 0.3 is 5.97 Å². The number of carboxylic acids is 1. The molecule has 2 atom stereocenters. The van der Waals surface area contributed by atoms with Crippen molar-refractivity contribution < 1.29 is 19.4 Å². The average Bonchev–Trinajstić information content (AvgIpc) is 2.73. The quantitative estimate of drug-likeness (QED) is 0.852. The predicted octanol–water partition coefficient (Wildman–Crippen LogP) is 1.11. The summed E-state index contributed by atoms with van der Waals surface area (Å²) in [4.78, 5) is 25.4. The van der Waals surface area contributed by atoms with Gasteiger partial charge in [0.15, 0.2) is 0 Å². The highest BCUT2D eigenvalue weighted by Gasteiger charge is 2.27. The molecule has 0 aliphatic carbocycles. The van der Waals surface area contributed by atoms with Crippen molar-refractivity contribution in [2.24, 2.45) is 5.92 Å². The van der Waals surface area contributed by atoms with Gasteiger partial charge < -0.3 is 20.1 Å². The molecule has 0 radical (unpaired) electrons. The maximum absolute atomic E-state index is 12.6. The van der Waals surface area contributed by atoms with E-state index in [2.05, 4.69) is 5.32 Å². The van der Waals surface area contributed by atoms with E-state index in [0.717, 1.165) is 11.3 Å². The van der Waals surface area contributed by atoms with Gasteiger partial charge in [-0.1, -0.05) is 25.1 Å². The molecule has 6 heteroatoms. The summed E-state index contributed by atoms with van der Waals surface area (Å²) in [5.74, 6) is -0.531. The van der Waals surface area contributed by atoms with Gasteiger partial charge in [0, 0.05) is 18.0 Å². The predicted molar refractivity (Wildman–Crippen MR) is 81.6 cm³/mol. The number of amides is 1. The van der Waals surface area contributed by atoms with Crippen LogP contribution in [-0.4, -0.2) is 48.1 Å². The molecule has 1 amide bonds. The Hall–Kier alpha value is -2.08. The molecule has 1 aliphatic heterocycles. The van der Waals surface area contributed by atoms with Gasteiger partial charge in [-0.15, -0.1) is 0 Å². The van der Waals surface area contributed by atoms with Crippen molar-refractivity contribution in [1.29, 1.82) is 0 Å². The fourth-order valence-corrected chi connectivity index (χ4v) is 2.62. The molecule has 0 aromatic heterocycles. The molecule has 6 nitrogen and oxygen atoms in total. The number of carbonyl (C=O) groups is 2. The number of nitrogens with one attached hydrogen (secondary N) is 1. The molecule has 0 spiro atoms. The molecule has 22 heavy (non-hydrogen) atoms. The Labute approximate surface area is 130 Å². The zero-order chi connectivity index (χ0) is 16.1. The number of para-hydroxylation sites is 1. The van der Waals surface area contributed by atoms with Gasteiger partial charge in [-0.05, 0) is 19.5 Å². The molecule has 1 aromatic carbocycles. The molecule has 1 heterocycles. The van der Waals surface area contributed by atoms with Gasteiger partial charge in [-0.2, -0.15) is 0 Å². The van der Waals surface area contributed by atoms with E-state index >= 15 is 0 Å². The molecule has 120 valence electrons. The van der Waals surface area contributed by atoms with Gasteiger partial charge in [-0.25, -0.2) is 0 Å². The lowest BCUT2D eigenvalue weighted by atomic mass is 10.00. The highest BCUT2D eigenvalue weighted by Crippen LogP contribution is 2.23. The first-order chi connectivity index (χ1) is 10.5. The SMILES string of the molecule is CN[C@@H](C[C@H](C)C(=O)N1CCOc2ccccc2C1)C(=O)O. The Kier molecular flexibility index (Phi) is 5.38. The second-order valence-corrected chi connectivity index (χ2v) is 5.53. The molecule has 0 unspecified atom stereocenters. The maximum Gasteiger partial charge on any atom is 0.320 e. The Morgan fingerprint density at radius 2 is 2.14 bits per heavy atom. The lowest BCUT2D eigenvalue weighted by Crippen LogP contribution is -2.41. The van der Waals surface area contributed by atoms with E-state index < -0.39 is 12.0 Å². The first-order valence-corrected chi connectivity index (χ1v) is 7.42. The van der Waals surface area contributed by atoms with Gasteiger partial charge in [-0.3, -0.25) is 9.59 Å². The fraction of sp³-hybridized carbons (Fsp3) is 0.500. The monoisotopic (exact) mass is 306 g/mol. The van der Waals surface area contributed by atoms with Crippen LogP contribution >= 0.6 is 0 Å². The summed E-state index contributed by atoms with van der Waals surface area (Å²) in [6.45, 7) is 3.23. The molecule has 2 rings (SSSR count). The van der Waals surface area contributed by atoms with Crippen molar-refractivity contribution in [1.82, 2.24) is 10.2 Å². The van der Waals surface area contributed by atoms with Crippen LogP contribution in [0, 0.1) is 5.92 Å². The largest absolute Gasteiger partial charge is 0.491 e. The minimum absolute atomic E-state index is 0.0400. The van der Waals surface area contributed by atoms with Gasteiger partial charge in [0.25, 0.3) is 0 Å². The zero-order valence-electron chi connectivity index (χ0n) is 12.9. The van der Waals surface area contributed by atoms with Crippen molar-refractivity contribution in [2.45, 2.75) is 25.9 Å². The molecule has 1 aliphatic rings. The molecule has 0 saturated carbocycles. The first-order valence-electron chi connectivity index (χ1n) is 7.42. The van der Waals surface area contributed by atoms with Gasteiger partial charge in [0.2, 0.25) is 5.91 Å². The number of fused-ring (bicyclic) bond motifs is 1. The van der Waals surface area contributed by atoms with E-state index in [1.165, 1.54) is 0 Å². The van der Waals surface area contributed by atoms with Gasteiger partial charge in [0.05, 0.1) is 6.54 Å². The van der Waals surface area contributed by atoms with Crippen LogP contribution in [0.1, 0.15) is 18.9 Å². The second-order valence-electron chi connectivity index (χ2n) is 5.53. The average molecular weight is 306 g/mol. The van der Waals surface area contributed by atoms with Crippen molar-refractivity contribution in [2.75, 3.05) is 20.2 Å². The van der Waals surface area contributed by atoms with Crippen LogP contribution in [0.5, 0.6) is 5.75 Å². The number of hydrogen-bond acceptors (Lipinski definition) is 4. The number of nitrogens with zero attached hydrogens (tertiary/aromatic N) is 1. The third-order valence-corrected chi connectivity index (χ3v) is 3.92. The second kappa shape index (κ2) is 7.26. The summed E-state index contributed by atoms with van der Waals surface area (Å²) >= 11 is 0. The number of benzene rings is 1. The van der Waals surface area contributed by atoms with Crippen LogP contribution in [0.3, 0.4) is 0 Å². The number of aliphatic carboxylic acids is 1. The minimum Gasteiger partial charge on any atom is -0.491 e. The molecule has 2 N–H and O–H groups in total. The summed E-state index contributed by atoms with van der Waals surface area (Å²) in [6.07, 6.45) is 0.268. The van der Waals surface area contributed by atoms with Crippen LogP contribution in [0.2, 0.25) is 0 Å². The Balaban J connectivity index is 2.04. The molecule has 0 bridgehead atoms. The molecular formula is C16H22N2O4. The van der Waals surface area contributed by atoms with Crippen molar-refractivity contribution >= 4 is 11.9 Å². The lowest BCUT2D eigenvalue weighted by Gasteiger charge is -2.25. The van der Waals surface area contributed by atoms with Crippen LogP contribution < -0.4 is 10.1 Å². The Morgan fingerprint density at radius 1 is 1.41 bits per heavy atom. The summed E-state index contributed by atoms with van der Waals surface area (Å²) in [6, 6.07) is 6.95. The Morgan fingerprint density at radius 3 is 2.82 bits per heavy atom. The number of ether oxygens (including phenoxy) is 1. The summed E-state index contributed by atoms with van der Waals surface area (Å²) in [5, 5.41) is 11.8. The smallest absolute Gasteiger partial charge is 0.320 e. The van der Waals surface area contributed by atoms with Crippen LogP contribution in [0.15, 0.2) is 24.3 Å². The van der Waals surface area contributed by atoms with E-state index in [1.807, 2.05) is 24.3 Å². The standard InChI is InChI=1S/C16H22N2O4/c1-11(9-13(17-2)16(20)21)15(19)18-7-8-22-14-6-4-3-5-12(14)10-18/h3-6,11,13,17H,7-10H2,1-2H3,(H,20,21)/t11-,13-/m0/s1. The van der Waals surface area contributed by atoms with E-state index in [0.29, 0.717) is 19.7 Å². The maximum atomic E-state index is 12.6.